The fourth-order valence-corrected chi connectivity index (χ4v) is 9.51. The van der Waals surface area contributed by atoms with Gasteiger partial charge in [0.2, 0.25) is 0 Å². The Morgan fingerprint density at radius 2 is 0.887 bits per heavy atom. The summed E-state index contributed by atoms with van der Waals surface area (Å²) in [7, 11) is 0. The van der Waals surface area contributed by atoms with Crippen LogP contribution >= 0.6 is 0 Å². The first-order valence-electron chi connectivity index (χ1n) is 21.2. The summed E-state index contributed by atoms with van der Waals surface area (Å²) in [4.78, 5) is 2.41. The van der Waals surface area contributed by atoms with Crippen LogP contribution < -0.4 is 4.90 Å². The zero-order valence-corrected chi connectivity index (χ0v) is 33.9. The second-order valence-corrected chi connectivity index (χ2v) is 16.0. The molecule has 1 heterocycles. The zero-order valence-electron chi connectivity index (χ0n) is 33.9. The van der Waals surface area contributed by atoms with E-state index in [1.165, 1.54) is 54.6 Å². The van der Waals surface area contributed by atoms with Gasteiger partial charge < -0.3 is 9.32 Å². The average Bonchev–Trinajstić information content (AvgIpc) is 3.75. The van der Waals surface area contributed by atoms with Crippen molar-refractivity contribution < 1.29 is 4.42 Å². The van der Waals surface area contributed by atoms with Gasteiger partial charge in [-0.3, -0.25) is 0 Å². The van der Waals surface area contributed by atoms with E-state index in [-0.39, 0.29) is 0 Å². The van der Waals surface area contributed by atoms with E-state index in [0.29, 0.717) is 0 Å². The summed E-state index contributed by atoms with van der Waals surface area (Å²) >= 11 is 0. The smallest absolute Gasteiger partial charge is 0.145 e. The number of benzene rings is 11. The minimum Gasteiger partial charge on any atom is -0.455 e. The van der Waals surface area contributed by atoms with Gasteiger partial charge in [-0.15, -0.1) is 0 Å². The lowest BCUT2D eigenvalue weighted by molar-refractivity contribution is 0.670. The van der Waals surface area contributed by atoms with Gasteiger partial charge in [-0.2, -0.15) is 0 Å². The lowest BCUT2D eigenvalue weighted by Gasteiger charge is -2.27. The predicted octanol–water partition coefficient (Wildman–Crippen LogP) is 17.2. The topological polar surface area (TPSA) is 16.4 Å². The highest BCUT2D eigenvalue weighted by Crippen LogP contribution is 2.48. The summed E-state index contributed by atoms with van der Waals surface area (Å²) in [6.07, 6.45) is 0. The van der Waals surface area contributed by atoms with Crippen LogP contribution in [0, 0.1) is 0 Å². The van der Waals surface area contributed by atoms with Gasteiger partial charge in [-0.1, -0.05) is 182 Å². The molecule has 12 rings (SSSR count). The van der Waals surface area contributed by atoms with E-state index in [2.05, 4.69) is 241 Å². The van der Waals surface area contributed by atoms with E-state index in [1.807, 2.05) is 0 Å². The van der Waals surface area contributed by atoms with Crippen LogP contribution in [0.4, 0.5) is 17.1 Å². The molecule has 0 aliphatic carbocycles. The SMILES string of the molecule is c1ccc(-c2cccc(-c3cccc(N(c4ccc(-c5cc6ccccc6c6ccccc56)cc4)c4ccc(-c5cccc6ccccc56)c5oc6ccccc6c45)c3)c2)cc1. The van der Waals surface area contributed by atoms with Crippen LogP contribution in [0.1, 0.15) is 0 Å². The molecule has 2 heteroatoms. The molecule has 62 heavy (non-hydrogen) atoms. The number of rotatable bonds is 7. The number of furan rings is 1. The molecular weight excluding hydrogens is 751 g/mol. The second-order valence-electron chi connectivity index (χ2n) is 16.0. The number of anilines is 3. The minimum atomic E-state index is 0.862. The standard InChI is InChI=1S/C60H39NO/c1-2-15-40(16-3-1)43-20-12-21-44(37-43)45-22-13-23-48(38-45)61(47-33-31-42(32-34-47)56-39-46-18-5-7-25-50(46)51-26-8-9-27-53(51)56)57-36-35-54(52-29-14-19-41-17-4-6-24-49(41)52)60-59(57)55-28-10-11-30-58(55)62-60/h1-39H. The molecule has 0 N–H and O–H groups in total. The van der Waals surface area contributed by atoms with E-state index in [9.17, 15) is 0 Å². The molecular formula is C60H39NO. The molecule has 1 aromatic heterocycles. The highest BCUT2D eigenvalue weighted by Gasteiger charge is 2.23. The molecule has 0 unspecified atom stereocenters. The molecule has 0 fully saturated rings. The van der Waals surface area contributed by atoms with Gasteiger partial charge in [-0.05, 0) is 126 Å². The Morgan fingerprint density at radius 1 is 0.290 bits per heavy atom. The first-order valence-corrected chi connectivity index (χ1v) is 21.2. The molecule has 2 nitrogen and oxygen atoms in total. The molecule has 0 saturated heterocycles. The van der Waals surface area contributed by atoms with Crippen LogP contribution in [0.25, 0.3) is 98.8 Å². The maximum Gasteiger partial charge on any atom is 0.145 e. The summed E-state index contributed by atoms with van der Waals surface area (Å²) in [6, 6.07) is 85.4. The van der Waals surface area contributed by atoms with Crippen LogP contribution in [0.2, 0.25) is 0 Å². The minimum absolute atomic E-state index is 0.862. The lowest BCUT2D eigenvalue weighted by Crippen LogP contribution is -2.10. The molecule has 11 aromatic carbocycles. The van der Waals surface area contributed by atoms with Crippen LogP contribution in [-0.4, -0.2) is 0 Å². The van der Waals surface area contributed by atoms with E-state index in [4.69, 9.17) is 4.42 Å². The van der Waals surface area contributed by atoms with Crippen LogP contribution in [0.3, 0.4) is 0 Å². The highest BCUT2D eigenvalue weighted by atomic mass is 16.3. The third-order valence-electron chi connectivity index (χ3n) is 12.4. The van der Waals surface area contributed by atoms with Gasteiger partial charge in [-0.25, -0.2) is 0 Å². The third kappa shape index (κ3) is 6.04. The third-order valence-corrected chi connectivity index (χ3v) is 12.4. The van der Waals surface area contributed by atoms with Crippen molar-refractivity contribution in [3.8, 4) is 44.5 Å². The highest BCUT2D eigenvalue weighted by molar-refractivity contribution is 6.19. The molecule has 0 radical (unpaired) electrons. The molecule has 0 aliphatic rings. The summed E-state index contributed by atoms with van der Waals surface area (Å²) in [6.45, 7) is 0. The van der Waals surface area contributed by atoms with Gasteiger partial charge in [0.1, 0.15) is 11.2 Å². The zero-order chi connectivity index (χ0) is 41.0. The Labute approximate surface area is 360 Å². The Kier molecular flexibility index (Phi) is 8.53. The molecule has 0 amide bonds. The van der Waals surface area contributed by atoms with Gasteiger partial charge in [0.25, 0.3) is 0 Å². The van der Waals surface area contributed by atoms with Crippen molar-refractivity contribution in [2.24, 2.45) is 0 Å². The van der Waals surface area contributed by atoms with Gasteiger partial charge in [0, 0.05) is 22.3 Å². The number of hydrogen-bond donors (Lipinski definition) is 0. The summed E-state index contributed by atoms with van der Waals surface area (Å²) in [5.74, 6) is 0. The van der Waals surface area contributed by atoms with Crippen LogP contribution in [0.15, 0.2) is 241 Å². The first-order chi connectivity index (χ1) is 30.7. The summed E-state index contributed by atoms with van der Waals surface area (Å²) in [5, 5.41) is 9.57. The monoisotopic (exact) mass is 789 g/mol. The van der Waals surface area contributed by atoms with E-state index < -0.39 is 0 Å². The molecule has 290 valence electrons. The molecule has 0 aliphatic heterocycles. The van der Waals surface area contributed by atoms with E-state index in [0.717, 1.165) is 61.3 Å². The normalized spacial score (nSPS) is 11.5. The number of nitrogens with zero attached hydrogens (tertiary/aromatic N) is 1. The quantitative estimate of drug-likeness (QED) is 0.150. The number of hydrogen-bond acceptors (Lipinski definition) is 2. The molecule has 0 spiro atoms. The largest absolute Gasteiger partial charge is 0.455 e. The second kappa shape index (κ2) is 14.8. The van der Waals surface area contributed by atoms with Crippen molar-refractivity contribution >= 4 is 71.3 Å². The molecule has 12 aromatic rings. The number of para-hydroxylation sites is 1. The van der Waals surface area contributed by atoms with Crippen molar-refractivity contribution in [2.75, 3.05) is 4.90 Å². The van der Waals surface area contributed by atoms with Crippen molar-refractivity contribution in [1.29, 1.82) is 0 Å². The fraction of sp³-hybridized carbons (Fsp3) is 0. The molecule has 0 atom stereocenters. The Morgan fingerprint density at radius 3 is 1.71 bits per heavy atom. The van der Waals surface area contributed by atoms with Gasteiger partial charge >= 0.3 is 0 Å². The van der Waals surface area contributed by atoms with Gasteiger partial charge in [0.15, 0.2) is 0 Å². The lowest BCUT2D eigenvalue weighted by atomic mass is 9.93. The van der Waals surface area contributed by atoms with E-state index in [1.54, 1.807) is 0 Å². The van der Waals surface area contributed by atoms with Crippen molar-refractivity contribution in [2.45, 2.75) is 0 Å². The van der Waals surface area contributed by atoms with E-state index >= 15 is 0 Å². The van der Waals surface area contributed by atoms with Crippen LogP contribution in [0.5, 0.6) is 0 Å². The molecule has 0 saturated carbocycles. The Balaban J connectivity index is 1.07. The maximum atomic E-state index is 6.92. The Hall–Kier alpha value is -8.20. The van der Waals surface area contributed by atoms with Crippen molar-refractivity contribution in [3.05, 3.63) is 237 Å². The van der Waals surface area contributed by atoms with Crippen molar-refractivity contribution in [3.63, 3.8) is 0 Å². The fourth-order valence-electron chi connectivity index (χ4n) is 9.51. The first kappa shape index (κ1) is 35.7. The Bertz CT molecular complexity index is 3630. The van der Waals surface area contributed by atoms with Crippen molar-refractivity contribution in [1.82, 2.24) is 0 Å². The maximum absolute atomic E-state index is 6.92. The summed E-state index contributed by atoms with van der Waals surface area (Å²) < 4.78 is 6.92. The molecule has 0 bridgehead atoms. The number of fused-ring (bicyclic) bond motifs is 7. The predicted molar refractivity (Wildman–Crippen MR) is 263 cm³/mol. The van der Waals surface area contributed by atoms with Gasteiger partial charge in [0.05, 0.1) is 11.1 Å². The summed E-state index contributed by atoms with van der Waals surface area (Å²) in [5.41, 5.74) is 14.2. The van der Waals surface area contributed by atoms with Crippen LogP contribution in [-0.2, 0) is 0 Å². The average molecular weight is 790 g/mol.